The lowest BCUT2D eigenvalue weighted by molar-refractivity contribution is -0.234. The molecule has 1 saturated heterocycles. The molecular weight excluding hydrogens is 520 g/mol. The van der Waals surface area contributed by atoms with E-state index < -0.39 is 64.4 Å². The summed E-state index contributed by atoms with van der Waals surface area (Å²) in [5, 5.41) is 11.7. The van der Waals surface area contributed by atoms with E-state index in [1.807, 2.05) is 13.8 Å². The summed E-state index contributed by atoms with van der Waals surface area (Å²) < 4.78 is 52.0. The number of Topliss-reactive ketones (excluding diaryl/α,β-unsaturated/α-hetero) is 1. The van der Waals surface area contributed by atoms with Gasteiger partial charge in [-0.15, -0.1) is 0 Å². The highest BCUT2D eigenvalue weighted by molar-refractivity contribution is 6.01. The highest BCUT2D eigenvalue weighted by atomic mass is 19.1. The molecule has 0 spiro atoms. The highest BCUT2D eigenvalue weighted by Crippen LogP contribution is 2.72. The van der Waals surface area contributed by atoms with E-state index in [1.165, 1.54) is 18.2 Å². The first kappa shape index (κ1) is 27.5. The molecule has 9 heteroatoms. The Kier molecular flexibility index (Phi) is 6.33. The Morgan fingerprint density at radius 2 is 1.93 bits per heavy atom. The minimum atomic E-state index is -2.24. The quantitative estimate of drug-likeness (QED) is 0.499. The first-order chi connectivity index (χ1) is 18.9. The Morgan fingerprint density at radius 1 is 1.20 bits per heavy atom. The number of benzene rings is 1. The second-order valence-electron chi connectivity index (χ2n) is 12.6. The van der Waals surface area contributed by atoms with Gasteiger partial charge in [0.2, 0.25) is 5.78 Å². The Hall–Kier alpha value is -2.62. The molecule has 3 N–H and O–H groups in total. The van der Waals surface area contributed by atoms with Gasteiger partial charge in [-0.25, -0.2) is 8.78 Å². The van der Waals surface area contributed by atoms with Gasteiger partial charge < -0.3 is 25.1 Å². The number of halogens is 2. The van der Waals surface area contributed by atoms with Crippen molar-refractivity contribution in [3.05, 3.63) is 48.1 Å². The zero-order valence-corrected chi connectivity index (χ0v) is 23.1. The number of alkyl halides is 2. The van der Waals surface area contributed by atoms with Gasteiger partial charge in [-0.3, -0.25) is 9.59 Å². The van der Waals surface area contributed by atoms with E-state index in [0.717, 1.165) is 6.42 Å². The van der Waals surface area contributed by atoms with Crippen molar-refractivity contribution in [1.29, 1.82) is 0 Å². The van der Waals surface area contributed by atoms with E-state index in [1.54, 1.807) is 31.2 Å². The molecule has 1 aliphatic heterocycles. The van der Waals surface area contributed by atoms with E-state index in [0.29, 0.717) is 17.9 Å². The fourth-order valence-electron chi connectivity index (χ4n) is 8.71. The number of hydrogen-bond acceptors (Lipinski definition) is 7. The van der Waals surface area contributed by atoms with Crippen LogP contribution in [0.4, 0.5) is 14.5 Å². The number of rotatable bonds is 6. The van der Waals surface area contributed by atoms with Crippen molar-refractivity contribution in [3.63, 3.8) is 0 Å². The van der Waals surface area contributed by atoms with E-state index in [2.05, 4.69) is 0 Å². The van der Waals surface area contributed by atoms with Crippen LogP contribution in [0.5, 0.6) is 5.75 Å². The van der Waals surface area contributed by atoms with Crippen LogP contribution in [0.15, 0.2) is 48.1 Å². The standard InChI is InChI=1S/C31H37F2NO6/c1-4-5-27-39-26-14-20-21-13-23(32)22-12-18(35)10-11-28(22,2)30(21,33)24(36)15-29(20,3)31(26,40-27)25(37)16-38-19-8-6-17(34)7-9-19/h6-12,20-21,23-24,26-27,36H,4-5,13-16,34H2,1-3H3/t20-,21-,23-,24-,26+,27-,28-,29-,30-,31+/m0/s1. The lowest BCUT2D eigenvalue weighted by Gasteiger charge is -2.63. The Morgan fingerprint density at radius 3 is 2.62 bits per heavy atom. The van der Waals surface area contributed by atoms with Gasteiger partial charge in [0.15, 0.2) is 23.3 Å². The number of carbonyl (C=O) groups excluding carboxylic acids is 2. The molecule has 1 aromatic rings. The normalized spacial score (nSPS) is 45.2. The Bertz CT molecular complexity index is 1280. The fourth-order valence-corrected chi connectivity index (χ4v) is 8.71. The average molecular weight is 558 g/mol. The zero-order chi connectivity index (χ0) is 28.7. The van der Waals surface area contributed by atoms with Gasteiger partial charge in [-0.2, -0.15) is 0 Å². The molecule has 3 saturated carbocycles. The first-order valence-electron chi connectivity index (χ1n) is 14.2. The van der Waals surface area contributed by atoms with Crippen molar-refractivity contribution in [1.82, 2.24) is 0 Å². The predicted octanol–water partition coefficient (Wildman–Crippen LogP) is 4.43. The number of ketones is 2. The number of aliphatic hydroxyl groups excluding tert-OH is 1. The van der Waals surface area contributed by atoms with Crippen LogP contribution in [-0.4, -0.2) is 59.2 Å². The largest absolute Gasteiger partial charge is 0.486 e. The Labute approximate surface area is 232 Å². The summed E-state index contributed by atoms with van der Waals surface area (Å²) in [4.78, 5) is 26.3. The van der Waals surface area contributed by atoms with Crippen LogP contribution < -0.4 is 10.5 Å². The van der Waals surface area contributed by atoms with E-state index in [-0.39, 0.29) is 37.2 Å². The minimum Gasteiger partial charge on any atom is -0.486 e. The molecular formula is C31H37F2NO6. The number of carbonyl (C=O) groups is 2. The van der Waals surface area contributed by atoms with Crippen molar-refractivity contribution >= 4 is 17.3 Å². The summed E-state index contributed by atoms with van der Waals surface area (Å²) >= 11 is 0. The monoisotopic (exact) mass is 557 g/mol. The third-order valence-corrected chi connectivity index (χ3v) is 10.6. The number of ether oxygens (including phenoxy) is 3. The number of fused-ring (bicyclic) bond motifs is 7. The molecule has 0 radical (unpaired) electrons. The molecule has 5 aliphatic rings. The van der Waals surface area contributed by atoms with E-state index in [4.69, 9.17) is 19.9 Å². The van der Waals surface area contributed by atoms with Gasteiger partial charge in [0, 0.05) is 22.4 Å². The third kappa shape index (κ3) is 3.50. The van der Waals surface area contributed by atoms with Crippen LogP contribution in [-0.2, 0) is 19.1 Å². The Balaban J connectivity index is 1.39. The molecule has 6 rings (SSSR count). The number of nitrogen functional groups attached to an aromatic ring is 1. The summed E-state index contributed by atoms with van der Waals surface area (Å²) in [5.41, 5.74) is 0.117. The summed E-state index contributed by atoms with van der Waals surface area (Å²) in [7, 11) is 0. The van der Waals surface area contributed by atoms with Crippen LogP contribution in [0, 0.1) is 22.7 Å². The van der Waals surface area contributed by atoms with Crippen LogP contribution in [0.3, 0.4) is 0 Å². The molecule has 216 valence electrons. The predicted molar refractivity (Wildman–Crippen MR) is 143 cm³/mol. The smallest absolute Gasteiger partial charge is 0.205 e. The molecule has 0 amide bonds. The minimum absolute atomic E-state index is 0.0674. The van der Waals surface area contributed by atoms with Crippen molar-refractivity contribution in [2.24, 2.45) is 22.7 Å². The van der Waals surface area contributed by atoms with E-state index >= 15 is 8.78 Å². The second-order valence-corrected chi connectivity index (χ2v) is 12.6. The van der Waals surface area contributed by atoms with E-state index in [9.17, 15) is 14.7 Å². The summed E-state index contributed by atoms with van der Waals surface area (Å²) in [6.07, 6.45) is 0.779. The van der Waals surface area contributed by atoms with Gasteiger partial charge in [0.25, 0.3) is 0 Å². The van der Waals surface area contributed by atoms with Gasteiger partial charge >= 0.3 is 0 Å². The maximum atomic E-state index is 17.5. The summed E-state index contributed by atoms with van der Waals surface area (Å²) in [6.45, 7) is 5.09. The van der Waals surface area contributed by atoms with Crippen molar-refractivity contribution < 1.29 is 37.7 Å². The van der Waals surface area contributed by atoms with Gasteiger partial charge in [0.1, 0.15) is 18.5 Å². The average Bonchev–Trinajstić information content (AvgIpc) is 3.39. The van der Waals surface area contributed by atoms with Gasteiger partial charge in [-0.05, 0) is 80.5 Å². The topological polar surface area (TPSA) is 108 Å². The number of hydrogen-bond donors (Lipinski definition) is 2. The highest BCUT2D eigenvalue weighted by Gasteiger charge is 2.80. The van der Waals surface area contributed by atoms with Crippen LogP contribution in [0.1, 0.15) is 52.9 Å². The van der Waals surface area contributed by atoms with Crippen LogP contribution >= 0.6 is 0 Å². The van der Waals surface area contributed by atoms with Crippen LogP contribution in [0.25, 0.3) is 0 Å². The molecule has 0 unspecified atom stereocenters. The van der Waals surface area contributed by atoms with Gasteiger partial charge in [-0.1, -0.05) is 26.3 Å². The molecule has 1 aromatic carbocycles. The van der Waals surface area contributed by atoms with Crippen molar-refractivity contribution in [2.45, 2.75) is 88.8 Å². The van der Waals surface area contributed by atoms with Crippen molar-refractivity contribution in [3.8, 4) is 5.75 Å². The fraction of sp³-hybridized carbons (Fsp3) is 0.613. The lowest BCUT2D eigenvalue weighted by atomic mass is 9.44. The SMILES string of the molecule is CCC[C@H]1O[C@@H]2C[C@H]3[C@@H]4C[C@H](F)C5=CC(=O)C=C[C@]5(C)[C@@]4(F)[C@@H](O)C[C@]3(C)[C@]2(C(=O)COc2ccc(N)cc2)O1. The molecule has 10 atom stereocenters. The third-order valence-electron chi connectivity index (χ3n) is 10.6. The molecule has 0 aromatic heterocycles. The lowest BCUT2D eigenvalue weighted by Crippen LogP contribution is -2.71. The molecule has 1 heterocycles. The summed E-state index contributed by atoms with van der Waals surface area (Å²) in [6, 6.07) is 6.68. The van der Waals surface area contributed by atoms with Crippen LogP contribution in [0.2, 0.25) is 0 Å². The summed E-state index contributed by atoms with van der Waals surface area (Å²) in [5.74, 6) is -1.72. The number of allylic oxidation sites excluding steroid dienone is 4. The number of anilines is 1. The maximum absolute atomic E-state index is 17.5. The second kappa shape index (κ2) is 9.19. The number of aliphatic hydroxyl groups is 1. The molecule has 4 fully saturated rings. The first-order valence-corrected chi connectivity index (χ1v) is 14.2. The molecule has 0 bridgehead atoms. The number of nitrogens with two attached hydrogens (primary N) is 1. The van der Waals surface area contributed by atoms with Gasteiger partial charge in [0.05, 0.1) is 12.2 Å². The zero-order valence-electron chi connectivity index (χ0n) is 23.1. The molecule has 7 nitrogen and oxygen atoms in total. The molecule has 4 aliphatic carbocycles. The van der Waals surface area contributed by atoms with Crippen molar-refractivity contribution in [2.75, 3.05) is 12.3 Å². The maximum Gasteiger partial charge on any atom is 0.205 e. The molecule has 40 heavy (non-hydrogen) atoms.